The minimum absolute atomic E-state index is 0.297. The van der Waals surface area contributed by atoms with Crippen LogP contribution in [0.3, 0.4) is 0 Å². The number of rotatable bonds is 5. The highest BCUT2D eigenvalue weighted by atomic mass is 16.4. The van der Waals surface area contributed by atoms with Crippen molar-refractivity contribution in [1.82, 2.24) is 9.80 Å². The maximum absolute atomic E-state index is 11.2. The smallest absolute Gasteiger partial charge is 0.336 e. The van der Waals surface area contributed by atoms with Gasteiger partial charge in [-0.3, -0.25) is 4.90 Å². The highest BCUT2D eigenvalue weighted by molar-refractivity contribution is 5.89. The summed E-state index contributed by atoms with van der Waals surface area (Å²) >= 11 is 0. The van der Waals surface area contributed by atoms with E-state index >= 15 is 0 Å². The van der Waals surface area contributed by atoms with E-state index < -0.39 is 5.97 Å². The van der Waals surface area contributed by atoms with Crippen LogP contribution in [-0.2, 0) is 6.54 Å². The third-order valence-corrected chi connectivity index (χ3v) is 4.05. The van der Waals surface area contributed by atoms with Gasteiger partial charge in [0.2, 0.25) is 0 Å². The molecule has 1 fully saturated rings. The predicted molar refractivity (Wildman–Crippen MR) is 81.3 cm³/mol. The number of aliphatic hydroxyl groups excluding tert-OH is 1. The molecule has 1 saturated heterocycles. The molecule has 0 amide bonds. The van der Waals surface area contributed by atoms with E-state index in [9.17, 15) is 15.0 Å². The topological polar surface area (TPSA) is 64.0 Å². The Morgan fingerprint density at radius 1 is 1.38 bits per heavy atom. The molecule has 0 saturated carbocycles. The summed E-state index contributed by atoms with van der Waals surface area (Å²) in [4.78, 5) is 15.5. The van der Waals surface area contributed by atoms with Gasteiger partial charge in [-0.2, -0.15) is 0 Å². The molecule has 116 valence electrons. The number of benzene rings is 1. The number of hydrogen-bond acceptors (Lipinski definition) is 4. The van der Waals surface area contributed by atoms with Crippen molar-refractivity contribution < 1.29 is 15.0 Å². The maximum atomic E-state index is 11.2. The molecule has 0 radical (unpaired) electrons. The minimum Gasteiger partial charge on any atom is -0.478 e. The van der Waals surface area contributed by atoms with Crippen molar-refractivity contribution in [2.75, 3.05) is 33.7 Å². The molecule has 21 heavy (non-hydrogen) atoms. The van der Waals surface area contributed by atoms with Crippen LogP contribution < -0.4 is 0 Å². The van der Waals surface area contributed by atoms with Crippen LogP contribution in [0.15, 0.2) is 24.3 Å². The Labute approximate surface area is 125 Å². The quantitative estimate of drug-likeness (QED) is 0.852. The van der Waals surface area contributed by atoms with Crippen LogP contribution in [-0.4, -0.2) is 65.8 Å². The summed E-state index contributed by atoms with van der Waals surface area (Å²) in [6.45, 7) is 2.96. The SMILES string of the molecule is CN(C)C[C@@H]1CCN(Cc2ccccc2C(=O)O)C[C@H]1O. The lowest BCUT2D eigenvalue weighted by Gasteiger charge is -2.37. The molecule has 2 rings (SSSR count). The van der Waals surface area contributed by atoms with Gasteiger partial charge < -0.3 is 15.1 Å². The fourth-order valence-electron chi connectivity index (χ4n) is 2.98. The molecular weight excluding hydrogens is 268 g/mol. The molecule has 0 aliphatic carbocycles. The fourth-order valence-corrected chi connectivity index (χ4v) is 2.98. The zero-order chi connectivity index (χ0) is 15.4. The molecule has 1 aliphatic heterocycles. The van der Waals surface area contributed by atoms with Crippen LogP contribution in [0.25, 0.3) is 0 Å². The second kappa shape index (κ2) is 7.02. The molecule has 2 N–H and O–H groups in total. The van der Waals surface area contributed by atoms with E-state index in [0.29, 0.717) is 24.6 Å². The van der Waals surface area contributed by atoms with Crippen molar-refractivity contribution in [1.29, 1.82) is 0 Å². The lowest BCUT2D eigenvalue weighted by atomic mass is 9.93. The molecule has 1 heterocycles. The van der Waals surface area contributed by atoms with Crippen molar-refractivity contribution in [2.24, 2.45) is 5.92 Å². The number of aliphatic hydroxyl groups is 1. The van der Waals surface area contributed by atoms with E-state index in [1.807, 2.05) is 26.2 Å². The van der Waals surface area contributed by atoms with Crippen molar-refractivity contribution in [2.45, 2.75) is 19.1 Å². The van der Waals surface area contributed by atoms with Gasteiger partial charge in [-0.05, 0) is 44.6 Å². The van der Waals surface area contributed by atoms with Crippen LogP contribution in [0.4, 0.5) is 0 Å². The van der Waals surface area contributed by atoms with E-state index in [-0.39, 0.29) is 6.10 Å². The van der Waals surface area contributed by atoms with Crippen molar-refractivity contribution >= 4 is 5.97 Å². The summed E-state index contributed by atoms with van der Waals surface area (Å²) in [5.74, 6) is -0.598. The van der Waals surface area contributed by atoms with Crippen molar-refractivity contribution in [3.63, 3.8) is 0 Å². The van der Waals surface area contributed by atoms with Gasteiger partial charge in [0.05, 0.1) is 11.7 Å². The number of carboxylic acids is 1. The number of likely N-dealkylation sites (tertiary alicyclic amines) is 1. The number of nitrogens with zero attached hydrogens (tertiary/aromatic N) is 2. The standard InChI is InChI=1S/C16H24N2O3/c1-17(2)9-13-7-8-18(11-15(13)19)10-12-5-3-4-6-14(12)16(20)21/h3-6,13,15,19H,7-11H2,1-2H3,(H,20,21)/t13-,15+/m0/s1. The number of β-amino-alcohol motifs (C(OH)–C–C–N with tert-alkyl or cyclic N) is 1. The average Bonchev–Trinajstić information content (AvgIpc) is 2.42. The first-order chi connectivity index (χ1) is 9.97. The number of carboxylic acid groups (broad SMARTS) is 1. The van der Waals surface area contributed by atoms with E-state index in [1.54, 1.807) is 12.1 Å². The lowest BCUT2D eigenvalue weighted by molar-refractivity contribution is 0.00904. The average molecular weight is 292 g/mol. The van der Waals surface area contributed by atoms with Crippen molar-refractivity contribution in [3.8, 4) is 0 Å². The van der Waals surface area contributed by atoms with Crippen LogP contribution in [0.1, 0.15) is 22.3 Å². The van der Waals surface area contributed by atoms with Gasteiger partial charge in [-0.25, -0.2) is 4.79 Å². The number of aromatic carboxylic acids is 1. The van der Waals surface area contributed by atoms with Crippen LogP contribution in [0.5, 0.6) is 0 Å². The molecule has 0 spiro atoms. The number of hydrogen-bond donors (Lipinski definition) is 2. The van der Waals surface area contributed by atoms with E-state index in [2.05, 4.69) is 9.80 Å². The highest BCUT2D eigenvalue weighted by Gasteiger charge is 2.28. The molecule has 2 atom stereocenters. The Bertz CT molecular complexity index is 490. The van der Waals surface area contributed by atoms with Crippen LogP contribution in [0.2, 0.25) is 0 Å². The lowest BCUT2D eigenvalue weighted by Crippen LogP contribution is -2.46. The van der Waals surface area contributed by atoms with Gasteiger partial charge in [0.15, 0.2) is 0 Å². The summed E-state index contributed by atoms with van der Waals surface area (Å²) < 4.78 is 0. The Kier molecular flexibility index (Phi) is 5.33. The summed E-state index contributed by atoms with van der Waals surface area (Å²) in [6.07, 6.45) is 0.590. The first-order valence-corrected chi connectivity index (χ1v) is 7.33. The third kappa shape index (κ3) is 4.27. The van der Waals surface area contributed by atoms with E-state index in [0.717, 1.165) is 25.1 Å². The molecule has 1 aromatic rings. The highest BCUT2D eigenvalue weighted by Crippen LogP contribution is 2.21. The second-order valence-corrected chi connectivity index (χ2v) is 6.08. The predicted octanol–water partition coefficient (Wildman–Crippen LogP) is 1.13. The molecule has 1 aliphatic rings. The Balaban J connectivity index is 1.98. The molecule has 0 unspecified atom stereocenters. The summed E-state index contributed by atoms with van der Waals surface area (Å²) in [7, 11) is 4.03. The first-order valence-electron chi connectivity index (χ1n) is 7.33. The zero-order valence-electron chi connectivity index (χ0n) is 12.7. The number of carbonyl (C=O) groups is 1. The summed E-state index contributed by atoms with van der Waals surface area (Å²) in [6, 6.07) is 7.08. The number of piperidine rings is 1. The largest absolute Gasteiger partial charge is 0.478 e. The van der Waals surface area contributed by atoms with Gasteiger partial charge in [0.1, 0.15) is 0 Å². The third-order valence-electron chi connectivity index (χ3n) is 4.05. The maximum Gasteiger partial charge on any atom is 0.336 e. The fraction of sp³-hybridized carbons (Fsp3) is 0.562. The Morgan fingerprint density at radius 2 is 2.10 bits per heavy atom. The molecular formula is C16H24N2O3. The van der Waals surface area contributed by atoms with Gasteiger partial charge in [-0.1, -0.05) is 18.2 Å². The molecule has 5 heteroatoms. The van der Waals surface area contributed by atoms with Gasteiger partial charge in [0, 0.05) is 19.6 Å². The first kappa shape index (κ1) is 15.9. The van der Waals surface area contributed by atoms with E-state index in [1.165, 1.54) is 0 Å². The minimum atomic E-state index is -0.895. The van der Waals surface area contributed by atoms with Gasteiger partial charge in [0.25, 0.3) is 0 Å². The molecule has 1 aromatic carbocycles. The van der Waals surface area contributed by atoms with Crippen molar-refractivity contribution in [3.05, 3.63) is 35.4 Å². The normalized spacial score (nSPS) is 23.4. The zero-order valence-corrected chi connectivity index (χ0v) is 12.7. The van der Waals surface area contributed by atoms with E-state index in [4.69, 9.17) is 0 Å². The summed E-state index contributed by atoms with van der Waals surface area (Å²) in [5, 5.41) is 19.5. The Morgan fingerprint density at radius 3 is 2.71 bits per heavy atom. The van der Waals surface area contributed by atoms with Crippen LogP contribution >= 0.6 is 0 Å². The summed E-state index contributed by atoms with van der Waals surface area (Å²) in [5.41, 5.74) is 1.16. The Hall–Kier alpha value is -1.43. The molecule has 0 aromatic heterocycles. The monoisotopic (exact) mass is 292 g/mol. The second-order valence-electron chi connectivity index (χ2n) is 6.08. The molecule has 5 nitrogen and oxygen atoms in total. The van der Waals surface area contributed by atoms with Gasteiger partial charge >= 0.3 is 5.97 Å². The van der Waals surface area contributed by atoms with Gasteiger partial charge in [-0.15, -0.1) is 0 Å². The molecule has 0 bridgehead atoms. The van der Waals surface area contributed by atoms with Crippen LogP contribution in [0, 0.1) is 5.92 Å².